The molecule has 0 saturated carbocycles. The summed E-state index contributed by atoms with van der Waals surface area (Å²) in [6, 6.07) is 17.0. The van der Waals surface area contributed by atoms with E-state index in [1.54, 1.807) is 0 Å². The summed E-state index contributed by atoms with van der Waals surface area (Å²) < 4.78 is 0. The predicted octanol–water partition coefficient (Wildman–Crippen LogP) is 2.51. The Morgan fingerprint density at radius 3 is 2.25 bits per heavy atom. The van der Waals surface area contributed by atoms with E-state index in [0.717, 1.165) is 50.5 Å². The number of carbonyl (C=O) groups is 2. The van der Waals surface area contributed by atoms with Gasteiger partial charge in [0.25, 0.3) is 5.91 Å². The molecule has 0 bridgehead atoms. The highest BCUT2D eigenvalue weighted by Gasteiger charge is 2.25. The summed E-state index contributed by atoms with van der Waals surface area (Å²) in [7, 11) is 0. The molecule has 2 aromatic carbocycles. The molecule has 0 radical (unpaired) electrons. The Labute approximate surface area is 189 Å². The number of anilines is 1. The highest BCUT2D eigenvalue weighted by Crippen LogP contribution is 2.22. The van der Waals surface area contributed by atoms with Crippen LogP contribution in [-0.4, -0.2) is 67.2 Å². The molecule has 2 aliphatic heterocycles. The van der Waals surface area contributed by atoms with Crippen LogP contribution < -0.4 is 15.5 Å². The second kappa shape index (κ2) is 10.6. The first kappa shape index (κ1) is 22.3. The first-order valence-corrected chi connectivity index (χ1v) is 11.5. The largest absolute Gasteiger partial charge is 0.481 e. The molecule has 7 nitrogen and oxygen atoms in total. The molecule has 32 heavy (non-hydrogen) atoms. The van der Waals surface area contributed by atoms with Gasteiger partial charge in [-0.3, -0.25) is 14.5 Å². The molecule has 2 fully saturated rings. The van der Waals surface area contributed by atoms with Crippen molar-refractivity contribution in [2.75, 3.05) is 44.2 Å². The lowest BCUT2D eigenvalue weighted by molar-refractivity contribution is -0.137. The molecule has 170 valence electrons. The number of carbonyl (C=O) groups excluding carboxylic acids is 1. The number of benzene rings is 2. The van der Waals surface area contributed by atoms with Crippen LogP contribution in [0.15, 0.2) is 54.6 Å². The van der Waals surface area contributed by atoms with Gasteiger partial charge in [0.1, 0.15) is 0 Å². The normalized spacial score (nSPS) is 18.8. The number of rotatable bonds is 7. The van der Waals surface area contributed by atoms with Crippen molar-refractivity contribution in [2.45, 2.75) is 31.3 Å². The van der Waals surface area contributed by atoms with Gasteiger partial charge in [-0.25, -0.2) is 0 Å². The van der Waals surface area contributed by atoms with Crippen LogP contribution >= 0.6 is 0 Å². The lowest BCUT2D eigenvalue weighted by Gasteiger charge is -2.41. The summed E-state index contributed by atoms with van der Waals surface area (Å²) >= 11 is 0. The van der Waals surface area contributed by atoms with Crippen molar-refractivity contribution in [1.29, 1.82) is 0 Å². The number of carboxylic acid groups (broad SMARTS) is 1. The van der Waals surface area contributed by atoms with Gasteiger partial charge >= 0.3 is 5.97 Å². The van der Waals surface area contributed by atoms with Gasteiger partial charge < -0.3 is 20.6 Å². The molecule has 1 amide bonds. The van der Waals surface area contributed by atoms with Crippen LogP contribution in [0.5, 0.6) is 0 Å². The van der Waals surface area contributed by atoms with E-state index in [9.17, 15) is 14.7 Å². The Morgan fingerprint density at radius 2 is 1.62 bits per heavy atom. The number of piperidine rings is 1. The second-order valence-corrected chi connectivity index (χ2v) is 8.59. The Kier molecular flexibility index (Phi) is 7.39. The minimum atomic E-state index is -0.946. The summed E-state index contributed by atoms with van der Waals surface area (Å²) in [6.07, 6.45) is 2.31. The fourth-order valence-corrected chi connectivity index (χ4v) is 4.69. The smallest absolute Gasteiger partial charge is 0.305 e. The predicted molar refractivity (Wildman–Crippen MR) is 125 cm³/mol. The highest BCUT2D eigenvalue weighted by atomic mass is 16.4. The number of nitrogens with zero attached hydrogens (tertiary/aromatic N) is 2. The first-order chi connectivity index (χ1) is 15.6. The van der Waals surface area contributed by atoms with Gasteiger partial charge in [-0.15, -0.1) is 0 Å². The molecule has 3 N–H and O–H groups in total. The molecular weight excluding hydrogens is 404 g/mol. The topological polar surface area (TPSA) is 84.9 Å². The third-order valence-electron chi connectivity index (χ3n) is 6.52. The molecule has 1 atom stereocenters. The number of amides is 1. The van der Waals surface area contributed by atoms with E-state index in [4.69, 9.17) is 0 Å². The van der Waals surface area contributed by atoms with E-state index in [1.807, 2.05) is 54.6 Å². The number of carboxylic acids is 1. The van der Waals surface area contributed by atoms with Gasteiger partial charge in [0, 0.05) is 43.5 Å². The van der Waals surface area contributed by atoms with Crippen molar-refractivity contribution in [2.24, 2.45) is 0 Å². The van der Waals surface area contributed by atoms with E-state index in [1.165, 1.54) is 12.8 Å². The number of aliphatic carboxylic acids is 1. The molecule has 2 aromatic rings. The molecule has 0 spiro atoms. The fourth-order valence-electron chi connectivity index (χ4n) is 4.69. The molecule has 0 aliphatic carbocycles. The maximum absolute atomic E-state index is 12.8. The quantitative estimate of drug-likeness (QED) is 0.619. The first-order valence-electron chi connectivity index (χ1n) is 11.5. The van der Waals surface area contributed by atoms with Crippen molar-refractivity contribution in [3.63, 3.8) is 0 Å². The van der Waals surface area contributed by atoms with Crippen LogP contribution in [0.25, 0.3) is 0 Å². The van der Waals surface area contributed by atoms with E-state index in [0.29, 0.717) is 11.6 Å². The van der Waals surface area contributed by atoms with Crippen molar-refractivity contribution < 1.29 is 14.7 Å². The van der Waals surface area contributed by atoms with E-state index in [-0.39, 0.29) is 12.3 Å². The maximum atomic E-state index is 12.8. The van der Waals surface area contributed by atoms with Gasteiger partial charge in [-0.05, 0) is 55.8 Å². The number of nitrogens with one attached hydrogen (secondary N) is 2. The lowest BCUT2D eigenvalue weighted by Crippen LogP contribution is -2.52. The molecule has 2 saturated heterocycles. The molecule has 7 heteroatoms. The van der Waals surface area contributed by atoms with Gasteiger partial charge in [0.05, 0.1) is 12.5 Å². The number of piperazine rings is 1. The minimum absolute atomic E-state index is 0.158. The molecular formula is C25H32N4O3. The SMILES string of the molecule is O=C(O)CC(NC(=O)c1ccc(N2CCN(C3CCNCC3)CC2)cc1)c1ccccc1. The van der Waals surface area contributed by atoms with Crippen molar-refractivity contribution in [3.8, 4) is 0 Å². The Bertz CT molecular complexity index is 889. The maximum Gasteiger partial charge on any atom is 0.305 e. The van der Waals surface area contributed by atoms with Crippen molar-refractivity contribution in [1.82, 2.24) is 15.5 Å². The van der Waals surface area contributed by atoms with Crippen LogP contribution in [0.4, 0.5) is 5.69 Å². The van der Waals surface area contributed by atoms with Crippen LogP contribution in [0.1, 0.15) is 41.2 Å². The summed E-state index contributed by atoms with van der Waals surface area (Å²) in [4.78, 5) is 29.1. The third kappa shape index (κ3) is 5.66. The van der Waals surface area contributed by atoms with Gasteiger partial charge in [0.2, 0.25) is 0 Å². The molecule has 2 aliphatic rings. The summed E-state index contributed by atoms with van der Waals surface area (Å²) in [5.74, 6) is -1.21. The Hall–Kier alpha value is -2.90. The average Bonchev–Trinajstić information content (AvgIpc) is 2.84. The van der Waals surface area contributed by atoms with E-state index < -0.39 is 12.0 Å². The van der Waals surface area contributed by atoms with Crippen LogP contribution in [0.2, 0.25) is 0 Å². The van der Waals surface area contributed by atoms with Crippen LogP contribution in [-0.2, 0) is 4.79 Å². The Balaban J connectivity index is 1.34. The van der Waals surface area contributed by atoms with Crippen LogP contribution in [0, 0.1) is 0 Å². The zero-order valence-corrected chi connectivity index (χ0v) is 18.4. The summed E-state index contributed by atoms with van der Waals surface area (Å²) in [5, 5.41) is 15.6. The lowest BCUT2D eigenvalue weighted by atomic mass is 10.0. The highest BCUT2D eigenvalue weighted by molar-refractivity contribution is 5.95. The van der Waals surface area contributed by atoms with Crippen molar-refractivity contribution >= 4 is 17.6 Å². The van der Waals surface area contributed by atoms with Crippen LogP contribution in [0.3, 0.4) is 0 Å². The molecule has 0 aromatic heterocycles. The molecule has 4 rings (SSSR count). The second-order valence-electron chi connectivity index (χ2n) is 8.59. The molecule has 1 unspecified atom stereocenters. The fraction of sp³-hybridized carbons (Fsp3) is 0.440. The van der Waals surface area contributed by atoms with Gasteiger partial charge in [0.15, 0.2) is 0 Å². The number of hydrogen-bond acceptors (Lipinski definition) is 5. The zero-order chi connectivity index (χ0) is 22.3. The Morgan fingerprint density at radius 1 is 0.969 bits per heavy atom. The van der Waals surface area contributed by atoms with Gasteiger partial charge in [-0.2, -0.15) is 0 Å². The standard InChI is InChI=1S/C25H32N4O3/c30-24(31)18-23(19-4-2-1-3-5-19)27-25(32)20-6-8-21(9-7-20)28-14-16-29(17-15-28)22-10-12-26-13-11-22/h1-9,22-23,26H,10-18H2,(H,27,32)(H,30,31). The summed E-state index contributed by atoms with van der Waals surface area (Å²) in [5.41, 5.74) is 2.44. The molecule has 2 heterocycles. The van der Waals surface area contributed by atoms with Gasteiger partial charge in [-0.1, -0.05) is 30.3 Å². The minimum Gasteiger partial charge on any atom is -0.481 e. The third-order valence-corrected chi connectivity index (χ3v) is 6.52. The average molecular weight is 437 g/mol. The zero-order valence-electron chi connectivity index (χ0n) is 18.4. The number of hydrogen-bond donors (Lipinski definition) is 3. The van der Waals surface area contributed by atoms with Crippen molar-refractivity contribution in [3.05, 3.63) is 65.7 Å². The monoisotopic (exact) mass is 436 g/mol. The summed E-state index contributed by atoms with van der Waals surface area (Å²) in [6.45, 7) is 6.36. The van der Waals surface area contributed by atoms with E-state index in [2.05, 4.69) is 20.4 Å². The van der Waals surface area contributed by atoms with E-state index >= 15 is 0 Å².